The van der Waals surface area contributed by atoms with Gasteiger partial charge in [-0.15, -0.1) is 0 Å². The predicted octanol–water partition coefficient (Wildman–Crippen LogP) is 5.22. The SMILES string of the molecule is N#Cc1ccc(-c2[nH]ncc2CN2CCc3cc(OCc4cccc(F)c4)ccc3C2)cc1. The van der Waals surface area contributed by atoms with Crippen LogP contribution in [0.15, 0.2) is 72.9 Å². The van der Waals surface area contributed by atoms with Crippen molar-refractivity contribution in [2.24, 2.45) is 0 Å². The van der Waals surface area contributed by atoms with Gasteiger partial charge >= 0.3 is 0 Å². The molecule has 3 aromatic carbocycles. The summed E-state index contributed by atoms with van der Waals surface area (Å²) < 4.78 is 19.3. The maximum atomic E-state index is 13.4. The summed E-state index contributed by atoms with van der Waals surface area (Å²) in [6.07, 6.45) is 2.82. The Morgan fingerprint density at radius 3 is 2.76 bits per heavy atom. The van der Waals surface area contributed by atoms with Gasteiger partial charge in [0.2, 0.25) is 0 Å². The monoisotopic (exact) mass is 438 g/mol. The molecule has 0 amide bonds. The minimum absolute atomic E-state index is 0.249. The summed E-state index contributed by atoms with van der Waals surface area (Å²) in [5, 5.41) is 16.4. The van der Waals surface area contributed by atoms with Crippen LogP contribution in [0, 0.1) is 17.1 Å². The molecule has 0 spiro atoms. The highest BCUT2D eigenvalue weighted by molar-refractivity contribution is 5.63. The lowest BCUT2D eigenvalue weighted by atomic mass is 9.98. The van der Waals surface area contributed by atoms with Gasteiger partial charge in [0.05, 0.1) is 23.5 Å². The lowest BCUT2D eigenvalue weighted by Crippen LogP contribution is -2.30. The minimum Gasteiger partial charge on any atom is -0.489 e. The molecule has 2 heterocycles. The first-order chi connectivity index (χ1) is 16.2. The van der Waals surface area contributed by atoms with Crippen LogP contribution in [0.25, 0.3) is 11.3 Å². The first-order valence-electron chi connectivity index (χ1n) is 10.9. The predicted molar refractivity (Wildman–Crippen MR) is 124 cm³/mol. The van der Waals surface area contributed by atoms with Gasteiger partial charge in [0.15, 0.2) is 0 Å². The van der Waals surface area contributed by atoms with E-state index in [2.05, 4.69) is 33.3 Å². The van der Waals surface area contributed by atoms with Gasteiger partial charge in [-0.3, -0.25) is 10.00 Å². The fraction of sp³-hybridized carbons (Fsp3) is 0.185. The molecular formula is C27H23FN4O. The number of fused-ring (bicyclic) bond motifs is 1. The fourth-order valence-electron chi connectivity index (χ4n) is 4.24. The van der Waals surface area contributed by atoms with E-state index in [4.69, 9.17) is 10.00 Å². The summed E-state index contributed by atoms with van der Waals surface area (Å²) >= 11 is 0. The molecule has 0 atom stereocenters. The van der Waals surface area contributed by atoms with Crippen LogP contribution >= 0.6 is 0 Å². The Balaban J connectivity index is 1.24. The molecule has 33 heavy (non-hydrogen) atoms. The smallest absolute Gasteiger partial charge is 0.123 e. The molecule has 164 valence electrons. The Hall–Kier alpha value is -3.95. The van der Waals surface area contributed by atoms with Gasteiger partial charge in [-0.05, 0) is 65.1 Å². The number of nitrogens with one attached hydrogen (secondary N) is 1. The number of halogens is 1. The summed E-state index contributed by atoms with van der Waals surface area (Å²) in [7, 11) is 0. The molecule has 4 aromatic rings. The van der Waals surface area contributed by atoms with E-state index in [-0.39, 0.29) is 5.82 Å². The van der Waals surface area contributed by atoms with Gasteiger partial charge in [-0.25, -0.2) is 4.39 Å². The Morgan fingerprint density at radius 2 is 1.94 bits per heavy atom. The molecule has 0 radical (unpaired) electrons. The highest BCUT2D eigenvalue weighted by Crippen LogP contribution is 2.28. The number of nitriles is 1. The molecule has 0 saturated heterocycles. The van der Waals surface area contributed by atoms with E-state index < -0.39 is 0 Å². The second-order valence-corrected chi connectivity index (χ2v) is 8.27. The first-order valence-corrected chi connectivity index (χ1v) is 10.9. The van der Waals surface area contributed by atoms with Gasteiger partial charge in [-0.1, -0.05) is 30.3 Å². The third-order valence-electron chi connectivity index (χ3n) is 5.98. The highest BCUT2D eigenvalue weighted by Gasteiger charge is 2.19. The lowest BCUT2D eigenvalue weighted by Gasteiger charge is -2.29. The zero-order valence-corrected chi connectivity index (χ0v) is 18.1. The molecule has 5 rings (SSSR count). The van der Waals surface area contributed by atoms with Gasteiger partial charge < -0.3 is 4.74 Å². The van der Waals surface area contributed by atoms with Crippen LogP contribution in [0.3, 0.4) is 0 Å². The first kappa shape index (κ1) is 20.9. The quantitative estimate of drug-likeness (QED) is 0.448. The van der Waals surface area contributed by atoms with Gasteiger partial charge in [0.25, 0.3) is 0 Å². The number of hydrogen-bond acceptors (Lipinski definition) is 4. The van der Waals surface area contributed by atoms with Gasteiger partial charge in [0.1, 0.15) is 18.2 Å². The molecule has 1 aromatic heterocycles. The molecule has 1 N–H and O–H groups in total. The Bertz CT molecular complexity index is 1310. The van der Waals surface area contributed by atoms with Crippen molar-refractivity contribution in [2.45, 2.75) is 26.1 Å². The van der Waals surface area contributed by atoms with Gasteiger partial charge in [-0.2, -0.15) is 10.4 Å². The maximum Gasteiger partial charge on any atom is 0.123 e. The van der Waals surface area contributed by atoms with E-state index in [1.54, 1.807) is 6.07 Å². The van der Waals surface area contributed by atoms with E-state index in [1.807, 2.05) is 42.6 Å². The topological polar surface area (TPSA) is 64.9 Å². The van der Waals surface area contributed by atoms with Crippen LogP contribution in [-0.4, -0.2) is 21.6 Å². The lowest BCUT2D eigenvalue weighted by molar-refractivity contribution is 0.245. The number of aromatic nitrogens is 2. The summed E-state index contributed by atoms with van der Waals surface area (Å²) in [6.45, 7) is 2.94. The van der Waals surface area contributed by atoms with Crippen LogP contribution in [0.2, 0.25) is 0 Å². The molecule has 1 aliphatic heterocycles. The number of aromatic amines is 1. The van der Waals surface area contributed by atoms with E-state index >= 15 is 0 Å². The third-order valence-corrected chi connectivity index (χ3v) is 5.98. The van der Waals surface area contributed by atoms with Crippen LogP contribution in [-0.2, 0) is 26.1 Å². The number of nitrogens with zero attached hydrogens (tertiary/aromatic N) is 3. The summed E-state index contributed by atoms with van der Waals surface area (Å²) in [6, 6.07) is 22.4. The summed E-state index contributed by atoms with van der Waals surface area (Å²) in [5.74, 6) is 0.561. The van der Waals surface area contributed by atoms with Crippen LogP contribution in [0.1, 0.15) is 27.8 Å². The Kier molecular flexibility index (Phi) is 5.88. The van der Waals surface area contributed by atoms with Crippen LogP contribution in [0.5, 0.6) is 5.75 Å². The molecular weight excluding hydrogens is 415 g/mol. The van der Waals surface area contributed by atoms with Crippen molar-refractivity contribution < 1.29 is 9.13 Å². The third kappa shape index (κ3) is 4.79. The highest BCUT2D eigenvalue weighted by atomic mass is 19.1. The number of benzene rings is 3. The molecule has 0 fully saturated rings. The Labute approximate surface area is 192 Å². The van der Waals surface area contributed by atoms with Crippen molar-refractivity contribution in [3.05, 3.63) is 107 Å². The molecule has 0 aliphatic carbocycles. The maximum absolute atomic E-state index is 13.4. The largest absolute Gasteiger partial charge is 0.489 e. The standard InChI is InChI=1S/C27H23FN4O/c28-25-3-1-2-20(12-25)18-33-26-9-8-23-16-32(11-10-22(23)13-26)17-24-15-30-31-27(24)21-6-4-19(14-29)5-7-21/h1-9,12-13,15H,10-11,16-18H2,(H,30,31). The van der Waals surface area contributed by atoms with Crippen LogP contribution < -0.4 is 4.74 Å². The normalized spacial score (nSPS) is 13.3. The van der Waals surface area contributed by atoms with Crippen molar-refractivity contribution in [2.75, 3.05) is 6.54 Å². The van der Waals surface area contributed by atoms with Crippen molar-refractivity contribution in [3.63, 3.8) is 0 Å². The van der Waals surface area contributed by atoms with Crippen molar-refractivity contribution in [1.29, 1.82) is 5.26 Å². The number of hydrogen-bond donors (Lipinski definition) is 1. The average Bonchev–Trinajstić information content (AvgIpc) is 3.31. The number of H-pyrrole nitrogens is 1. The Morgan fingerprint density at radius 1 is 1.06 bits per heavy atom. The molecule has 0 unspecified atom stereocenters. The second kappa shape index (κ2) is 9.27. The van der Waals surface area contributed by atoms with E-state index in [0.717, 1.165) is 54.2 Å². The van der Waals surface area contributed by atoms with Crippen molar-refractivity contribution in [3.8, 4) is 23.1 Å². The zero-order valence-electron chi connectivity index (χ0n) is 18.1. The molecule has 0 saturated carbocycles. The molecule has 0 bridgehead atoms. The van der Waals surface area contributed by atoms with Crippen LogP contribution in [0.4, 0.5) is 4.39 Å². The second-order valence-electron chi connectivity index (χ2n) is 8.27. The van der Waals surface area contributed by atoms with Crippen molar-refractivity contribution in [1.82, 2.24) is 15.1 Å². The average molecular weight is 439 g/mol. The summed E-state index contributed by atoms with van der Waals surface area (Å²) in [4.78, 5) is 2.41. The molecule has 5 nitrogen and oxygen atoms in total. The van der Waals surface area contributed by atoms with E-state index in [1.165, 1.54) is 23.3 Å². The van der Waals surface area contributed by atoms with E-state index in [0.29, 0.717) is 12.2 Å². The fourth-order valence-corrected chi connectivity index (χ4v) is 4.24. The molecule has 1 aliphatic rings. The summed E-state index contributed by atoms with van der Waals surface area (Å²) in [5.41, 5.74) is 7.21. The van der Waals surface area contributed by atoms with E-state index in [9.17, 15) is 4.39 Å². The minimum atomic E-state index is -0.249. The van der Waals surface area contributed by atoms with Gasteiger partial charge in [0, 0.05) is 25.2 Å². The number of rotatable bonds is 6. The van der Waals surface area contributed by atoms with Crippen molar-refractivity contribution >= 4 is 0 Å². The number of ether oxygens (including phenoxy) is 1. The molecule has 6 heteroatoms. The zero-order chi connectivity index (χ0) is 22.6.